The molecular formula is C6H11Cl2CuN6O+. The molecule has 16 heavy (non-hydrogen) atoms. The number of rotatable bonds is 3. The zero-order valence-corrected chi connectivity index (χ0v) is 10.9. The van der Waals surface area contributed by atoms with Crippen LogP contribution in [0, 0.1) is 0 Å². The molecule has 0 unspecified atom stereocenters. The Bertz CT molecular complexity index is 329. The Hall–Kier alpha value is -0.661. The molecule has 0 bridgehead atoms. The Balaban J connectivity index is 0.000000673. The van der Waals surface area contributed by atoms with Gasteiger partial charge in [0.2, 0.25) is 11.5 Å². The molecule has 4 N–H and O–H groups in total. The van der Waals surface area contributed by atoms with E-state index >= 15 is 0 Å². The molecule has 95 valence electrons. The van der Waals surface area contributed by atoms with Crippen molar-refractivity contribution in [3.8, 4) is 0 Å². The maximum atomic E-state index is 8.95. The molecule has 7 nitrogen and oxygen atoms in total. The summed E-state index contributed by atoms with van der Waals surface area (Å²) >= 11 is 0.757. The number of amidine groups is 1. The molecule has 1 rings (SSSR count). The zero-order valence-electron chi connectivity index (χ0n) is 8.45. The van der Waals surface area contributed by atoms with E-state index in [-0.39, 0.29) is 11.5 Å². The number of amides is 1. The number of hydrogen-bond donors (Lipinski definition) is 2. The van der Waals surface area contributed by atoms with Crippen molar-refractivity contribution in [1.82, 2.24) is 10.5 Å². The number of carbonyl (C=O) groups excluding carboxylic acids is 1. The van der Waals surface area contributed by atoms with Gasteiger partial charge in [0.05, 0.1) is 0 Å². The van der Waals surface area contributed by atoms with Crippen molar-refractivity contribution < 1.29 is 17.9 Å². The second kappa shape index (κ2) is 8.49. The minimum atomic E-state index is -0.392. The molecule has 0 radical (unpaired) electrons. The second-order valence-electron chi connectivity index (χ2n) is 2.58. The van der Waals surface area contributed by atoms with Crippen LogP contribution in [-0.2, 0) is 13.1 Å². The van der Waals surface area contributed by atoms with Crippen LogP contribution < -0.4 is 11.3 Å². The Morgan fingerprint density at radius 3 is 2.62 bits per heavy atom. The average molecular weight is 318 g/mol. The summed E-state index contributed by atoms with van der Waals surface area (Å²) in [5.41, 5.74) is 7.93. The first-order valence-electron chi connectivity index (χ1n) is 3.77. The number of aliphatic imine (C=N–C) groups is 2. The molecule has 1 aliphatic heterocycles. The van der Waals surface area contributed by atoms with Crippen LogP contribution in [0.1, 0.15) is 0 Å². The zero-order chi connectivity index (χ0) is 12.6. The first-order valence-corrected chi connectivity index (χ1v) is 6.36. The summed E-state index contributed by atoms with van der Waals surface area (Å²) in [4.78, 5) is 16.4. The van der Waals surface area contributed by atoms with Crippen molar-refractivity contribution in [3.05, 3.63) is 0 Å². The normalized spacial score (nSPS) is 16.1. The van der Waals surface area contributed by atoms with Crippen LogP contribution >= 0.6 is 20.2 Å². The van der Waals surface area contributed by atoms with E-state index in [1.54, 1.807) is 19.1 Å². The van der Waals surface area contributed by atoms with E-state index in [4.69, 9.17) is 10.5 Å². The van der Waals surface area contributed by atoms with Gasteiger partial charge in [0.15, 0.2) is 0 Å². The molecule has 0 aliphatic carbocycles. The van der Waals surface area contributed by atoms with Crippen LogP contribution in [0.3, 0.4) is 0 Å². The van der Waals surface area contributed by atoms with Crippen LogP contribution in [0.15, 0.2) is 15.1 Å². The number of nitrogens with one attached hydrogen (secondary N) is 1. The molecule has 1 heterocycles. The monoisotopic (exact) mass is 316 g/mol. The van der Waals surface area contributed by atoms with Crippen molar-refractivity contribution in [3.63, 3.8) is 0 Å². The van der Waals surface area contributed by atoms with E-state index in [2.05, 4.69) is 40.8 Å². The Labute approximate surface area is 107 Å². The van der Waals surface area contributed by atoms with Gasteiger partial charge in [-0.3, -0.25) is 4.79 Å². The molecule has 10 heteroatoms. The third-order valence-corrected chi connectivity index (χ3v) is 1.18. The first-order chi connectivity index (χ1) is 7.52. The Morgan fingerprint density at radius 1 is 1.62 bits per heavy atom. The minimum absolute atomic E-state index is 0.175. The number of halogens is 2. The van der Waals surface area contributed by atoms with Gasteiger partial charge in [-0.25, -0.2) is 20.5 Å². The first kappa shape index (κ1) is 15.3. The van der Waals surface area contributed by atoms with Crippen LogP contribution in [-0.4, -0.2) is 47.7 Å². The van der Waals surface area contributed by atoms with Crippen LogP contribution in [0.5, 0.6) is 0 Å². The summed E-state index contributed by atoms with van der Waals surface area (Å²) in [5, 5.41) is 5.45. The van der Waals surface area contributed by atoms with Gasteiger partial charge in [-0.1, -0.05) is 0 Å². The molecule has 0 fully saturated rings. The van der Waals surface area contributed by atoms with E-state index in [9.17, 15) is 0 Å². The summed E-state index contributed by atoms with van der Waals surface area (Å²) < 4.78 is 0. The molecule has 0 aromatic heterocycles. The van der Waals surface area contributed by atoms with E-state index in [1.165, 1.54) is 6.34 Å². The fourth-order valence-corrected chi connectivity index (χ4v) is 0.670. The fourth-order valence-electron chi connectivity index (χ4n) is 0.670. The molecular weight excluding hydrogens is 307 g/mol. The van der Waals surface area contributed by atoms with Crippen molar-refractivity contribution in [1.29, 1.82) is 0 Å². The van der Waals surface area contributed by atoms with Gasteiger partial charge < -0.3 is 5.73 Å². The Kier molecular flexibility index (Phi) is 8.14. The fraction of sp³-hybridized carbons (Fsp3) is 0.333. The molecule has 0 spiro atoms. The second-order valence-corrected chi connectivity index (χ2v) is 4.14. The summed E-state index contributed by atoms with van der Waals surface area (Å²) in [7, 11) is 12.9. The Morgan fingerprint density at radius 2 is 2.19 bits per heavy atom. The molecule has 1 aliphatic rings. The van der Waals surface area contributed by atoms with Gasteiger partial charge in [0.1, 0.15) is 6.34 Å². The van der Waals surface area contributed by atoms with Crippen molar-refractivity contribution in [2.75, 3.05) is 14.1 Å². The van der Waals surface area contributed by atoms with Crippen LogP contribution in [0.2, 0.25) is 0 Å². The van der Waals surface area contributed by atoms with Gasteiger partial charge in [-0.2, -0.15) is 0 Å². The molecule has 0 aromatic rings. The number of nitrogens with zero attached hydrogens (tertiary/aromatic N) is 4. The van der Waals surface area contributed by atoms with Crippen LogP contribution in [0.4, 0.5) is 0 Å². The molecule has 0 saturated heterocycles. The third kappa shape index (κ3) is 6.04. The number of hydrazone groups is 1. The topological polar surface area (TPSA) is 99.8 Å². The summed E-state index contributed by atoms with van der Waals surface area (Å²) in [6.07, 6.45) is 1.27. The van der Waals surface area contributed by atoms with E-state index in [0.717, 1.165) is 13.1 Å². The number of primary amides is 1. The standard InChI is InChI=1S/C6H10N6O.2ClH.Cu/c1-12(2)11-10-6-4(5(7)13)8-3-9-6;;;/h3,11H,1-2H3,(H2,7,13);2*1H;/q;;;+2/p-1. The van der Waals surface area contributed by atoms with Gasteiger partial charge >= 0.3 is 39.2 Å². The summed E-state index contributed by atoms with van der Waals surface area (Å²) in [6.45, 7) is 0. The molecule has 1 amide bonds. The van der Waals surface area contributed by atoms with Gasteiger partial charge in [0.25, 0.3) is 0 Å². The molecule has 0 aromatic carbocycles. The number of hydrogen-bond acceptors (Lipinski definition) is 4. The predicted molar refractivity (Wildman–Crippen MR) is 63.0 cm³/mol. The van der Waals surface area contributed by atoms with E-state index in [1.807, 2.05) is 0 Å². The third-order valence-electron chi connectivity index (χ3n) is 1.18. The van der Waals surface area contributed by atoms with E-state index in [0.29, 0.717) is 0 Å². The summed E-state index contributed by atoms with van der Waals surface area (Å²) in [5.74, 6) is -0.134. The SMILES string of the molecule is CN(C)NN=C1N=CN=C1C(N)=[OH+].[Cl][Cu][Cl]. The molecule has 0 saturated carbocycles. The predicted octanol–water partition coefficient (Wildman–Crippen LogP) is -0.313. The van der Waals surface area contributed by atoms with Crippen molar-refractivity contribution in [2.45, 2.75) is 0 Å². The maximum absolute atomic E-state index is 8.95. The van der Waals surface area contributed by atoms with Gasteiger partial charge in [0, 0.05) is 14.1 Å². The van der Waals surface area contributed by atoms with Crippen molar-refractivity contribution in [2.24, 2.45) is 20.8 Å². The number of hydrazine groups is 1. The number of nitrogens with two attached hydrogens (primary N) is 1. The summed E-state index contributed by atoms with van der Waals surface area (Å²) in [6, 6.07) is 0. The molecule has 0 atom stereocenters. The quantitative estimate of drug-likeness (QED) is 0.424. The van der Waals surface area contributed by atoms with E-state index < -0.39 is 5.91 Å². The van der Waals surface area contributed by atoms with Gasteiger partial charge in [-0.05, 0) is 0 Å². The van der Waals surface area contributed by atoms with Crippen LogP contribution in [0.25, 0.3) is 0 Å². The van der Waals surface area contributed by atoms with Gasteiger partial charge in [-0.15, -0.1) is 5.10 Å². The van der Waals surface area contributed by atoms with Crippen molar-refractivity contribution >= 4 is 44.0 Å². The average Bonchev–Trinajstić information content (AvgIpc) is 2.63.